The van der Waals surface area contributed by atoms with Gasteiger partial charge in [0.05, 0.1) is 10.6 Å². The Labute approximate surface area is 139 Å². The molecule has 0 saturated heterocycles. The Kier molecular flexibility index (Phi) is 5.22. The summed E-state index contributed by atoms with van der Waals surface area (Å²) in [5.74, 6) is -0.635. The summed E-state index contributed by atoms with van der Waals surface area (Å²) in [4.78, 5) is 16.6. The molecule has 0 aliphatic carbocycles. The fourth-order valence-electron chi connectivity index (χ4n) is 1.51. The lowest BCUT2D eigenvalue weighted by atomic mass is 10.2. The zero-order valence-electron chi connectivity index (χ0n) is 10.5. The average molecular weight is 388 g/mol. The highest BCUT2D eigenvalue weighted by Crippen LogP contribution is 2.21. The van der Waals surface area contributed by atoms with Crippen LogP contribution in [0.1, 0.15) is 15.9 Å². The Hall–Kier alpha value is -1.56. The number of nitrogens with zero attached hydrogens (tertiary/aromatic N) is 1. The van der Waals surface area contributed by atoms with Gasteiger partial charge in [-0.05, 0) is 36.4 Å². The molecule has 0 fully saturated rings. The number of amidine groups is 1. The average Bonchev–Trinajstić information content (AvgIpc) is 2.44. The fraction of sp³-hybridized carbons (Fsp3) is 0. The molecule has 108 valence electrons. The van der Waals surface area contributed by atoms with Gasteiger partial charge in [0, 0.05) is 15.1 Å². The number of hydrogen-bond acceptors (Lipinski definition) is 3. The quantitative estimate of drug-likeness (QED) is 0.371. The molecule has 0 amide bonds. The van der Waals surface area contributed by atoms with Gasteiger partial charge in [0.25, 0.3) is 0 Å². The van der Waals surface area contributed by atoms with Gasteiger partial charge < -0.3 is 10.6 Å². The Bertz CT molecular complexity index is 720. The summed E-state index contributed by atoms with van der Waals surface area (Å²) < 4.78 is 0.759. The maximum absolute atomic E-state index is 11.8. The molecule has 2 aromatic carbocycles. The fourth-order valence-corrected chi connectivity index (χ4v) is 2.41. The number of rotatable bonds is 3. The summed E-state index contributed by atoms with van der Waals surface area (Å²) in [5, 5.41) is 4.39. The molecule has 0 bridgehead atoms. The molecule has 0 atom stereocenters. The topological polar surface area (TPSA) is 64.7 Å². The van der Waals surface area contributed by atoms with E-state index in [0.29, 0.717) is 21.2 Å². The van der Waals surface area contributed by atoms with Crippen molar-refractivity contribution in [3.63, 3.8) is 0 Å². The minimum atomic E-state index is -0.621. The molecule has 2 aromatic rings. The Morgan fingerprint density at radius 1 is 1.19 bits per heavy atom. The first-order valence-electron chi connectivity index (χ1n) is 5.73. The third kappa shape index (κ3) is 4.20. The second-order valence-electron chi connectivity index (χ2n) is 3.99. The van der Waals surface area contributed by atoms with Crippen LogP contribution < -0.4 is 5.73 Å². The van der Waals surface area contributed by atoms with Gasteiger partial charge in [-0.3, -0.25) is 0 Å². The normalized spacial score (nSPS) is 11.3. The Balaban J connectivity index is 2.15. The molecule has 0 heterocycles. The summed E-state index contributed by atoms with van der Waals surface area (Å²) in [7, 11) is 0. The van der Waals surface area contributed by atoms with Crippen LogP contribution in [0.25, 0.3) is 0 Å². The molecular formula is C14H9BrCl2N2O2. The Morgan fingerprint density at radius 2 is 1.95 bits per heavy atom. The summed E-state index contributed by atoms with van der Waals surface area (Å²) in [6.45, 7) is 0. The van der Waals surface area contributed by atoms with Gasteiger partial charge in [0.2, 0.25) is 0 Å². The van der Waals surface area contributed by atoms with Crippen LogP contribution in [0.3, 0.4) is 0 Å². The van der Waals surface area contributed by atoms with Crippen LogP contribution in [0.2, 0.25) is 10.0 Å². The van der Waals surface area contributed by atoms with E-state index in [1.54, 1.807) is 36.4 Å². The van der Waals surface area contributed by atoms with Gasteiger partial charge in [-0.15, -0.1) is 0 Å². The van der Waals surface area contributed by atoms with Crippen LogP contribution in [0.5, 0.6) is 0 Å². The van der Waals surface area contributed by atoms with Crippen molar-refractivity contribution in [2.24, 2.45) is 10.9 Å². The first-order valence-corrected chi connectivity index (χ1v) is 7.28. The van der Waals surface area contributed by atoms with E-state index >= 15 is 0 Å². The molecule has 0 unspecified atom stereocenters. The molecule has 0 spiro atoms. The highest BCUT2D eigenvalue weighted by atomic mass is 79.9. The second-order valence-corrected chi connectivity index (χ2v) is 5.75. The van der Waals surface area contributed by atoms with Gasteiger partial charge in [-0.25, -0.2) is 4.79 Å². The lowest BCUT2D eigenvalue weighted by Gasteiger charge is -2.04. The van der Waals surface area contributed by atoms with Crippen LogP contribution in [0.15, 0.2) is 52.1 Å². The molecule has 2 rings (SSSR count). The SMILES string of the molecule is N/C(=N\OC(=O)c1cccc(Br)c1)c1ccc(Cl)cc1Cl. The number of nitrogens with two attached hydrogens (primary N) is 1. The zero-order valence-corrected chi connectivity index (χ0v) is 13.6. The standard InChI is InChI=1S/C14H9BrCl2N2O2/c15-9-3-1-2-8(6-9)14(20)21-19-13(18)11-5-4-10(16)7-12(11)17/h1-7H,(H2,18,19). The second kappa shape index (κ2) is 6.93. The van der Waals surface area contributed by atoms with E-state index in [0.717, 1.165) is 4.47 Å². The first kappa shape index (κ1) is 15.8. The van der Waals surface area contributed by atoms with Gasteiger partial charge in [0.1, 0.15) is 0 Å². The maximum atomic E-state index is 11.8. The molecule has 21 heavy (non-hydrogen) atoms. The number of hydrogen-bond donors (Lipinski definition) is 1. The molecule has 7 heteroatoms. The predicted molar refractivity (Wildman–Crippen MR) is 86.7 cm³/mol. The number of benzene rings is 2. The molecular weight excluding hydrogens is 379 g/mol. The first-order chi connectivity index (χ1) is 9.97. The minimum Gasteiger partial charge on any atom is -0.380 e. The van der Waals surface area contributed by atoms with E-state index in [1.807, 2.05) is 0 Å². The summed E-state index contributed by atoms with van der Waals surface area (Å²) in [6.07, 6.45) is 0. The number of carbonyl (C=O) groups is 1. The predicted octanol–water partition coefficient (Wildman–Crippen LogP) is 4.23. The van der Waals surface area contributed by atoms with E-state index < -0.39 is 5.97 Å². The largest absolute Gasteiger partial charge is 0.380 e. The van der Waals surface area contributed by atoms with Crippen LogP contribution in [-0.4, -0.2) is 11.8 Å². The maximum Gasteiger partial charge on any atom is 0.365 e. The highest BCUT2D eigenvalue weighted by molar-refractivity contribution is 9.10. The van der Waals surface area contributed by atoms with Crippen molar-refractivity contribution in [3.05, 3.63) is 68.1 Å². The molecule has 0 radical (unpaired) electrons. The molecule has 0 aliphatic heterocycles. The van der Waals surface area contributed by atoms with Crippen molar-refractivity contribution in [2.75, 3.05) is 0 Å². The summed E-state index contributed by atoms with van der Waals surface area (Å²) in [6, 6.07) is 11.5. The van der Waals surface area contributed by atoms with E-state index in [2.05, 4.69) is 21.1 Å². The van der Waals surface area contributed by atoms with Crippen molar-refractivity contribution < 1.29 is 9.63 Å². The molecule has 0 aliphatic rings. The van der Waals surface area contributed by atoms with Crippen molar-refractivity contribution in [1.82, 2.24) is 0 Å². The van der Waals surface area contributed by atoms with E-state index in [-0.39, 0.29) is 5.84 Å². The van der Waals surface area contributed by atoms with E-state index in [1.165, 1.54) is 6.07 Å². The smallest absolute Gasteiger partial charge is 0.365 e. The highest BCUT2D eigenvalue weighted by Gasteiger charge is 2.10. The zero-order chi connectivity index (χ0) is 15.4. The summed E-state index contributed by atoms with van der Waals surface area (Å²) in [5.41, 5.74) is 6.52. The summed E-state index contributed by atoms with van der Waals surface area (Å²) >= 11 is 15.0. The van der Waals surface area contributed by atoms with Crippen molar-refractivity contribution >= 4 is 50.9 Å². The minimum absolute atomic E-state index is 0.0139. The lowest BCUT2D eigenvalue weighted by molar-refractivity contribution is 0.0516. The van der Waals surface area contributed by atoms with E-state index in [4.69, 9.17) is 33.8 Å². The van der Waals surface area contributed by atoms with Crippen LogP contribution in [0.4, 0.5) is 0 Å². The van der Waals surface area contributed by atoms with Crippen LogP contribution >= 0.6 is 39.1 Å². The number of oxime groups is 1. The molecule has 0 saturated carbocycles. The monoisotopic (exact) mass is 386 g/mol. The van der Waals surface area contributed by atoms with Crippen molar-refractivity contribution in [3.8, 4) is 0 Å². The molecule has 0 aromatic heterocycles. The van der Waals surface area contributed by atoms with Crippen LogP contribution in [0, 0.1) is 0 Å². The van der Waals surface area contributed by atoms with Crippen molar-refractivity contribution in [2.45, 2.75) is 0 Å². The third-order valence-electron chi connectivity index (χ3n) is 2.49. The van der Waals surface area contributed by atoms with Gasteiger partial charge in [-0.2, -0.15) is 0 Å². The number of carbonyl (C=O) groups excluding carboxylic acids is 1. The van der Waals surface area contributed by atoms with Gasteiger partial charge >= 0.3 is 5.97 Å². The molecule has 4 nitrogen and oxygen atoms in total. The lowest BCUT2D eigenvalue weighted by Crippen LogP contribution is -2.15. The van der Waals surface area contributed by atoms with Gasteiger partial charge in [-0.1, -0.05) is 50.4 Å². The van der Waals surface area contributed by atoms with Crippen molar-refractivity contribution in [1.29, 1.82) is 0 Å². The van der Waals surface area contributed by atoms with E-state index in [9.17, 15) is 4.79 Å². The van der Waals surface area contributed by atoms with Crippen LogP contribution in [-0.2, 0) is 4.84 Å². The molecule has 2 N–H and O–H groups in total. The number of halogens is 3. The Morgan fingerprint density at radius 3 is 2.62 bits per heavy atom. The van der Waals surface area contributed by atoms with Gasteiger partial charge in [0.15, 0.2) is 5.84 Å². The third-order valence-corrected chi connectivity index (χ3v) is 3.54.